The molecular weight excluding hydrogens is 258 g/mol. The SMILES string of the molecule is Cc1cc(=O)cc(C)n1-c1ccc(OCC(=O)O)cc1. The predicted molar refractivity (Wildman–Crippen MR) is 74.6 cm³/mol. The highest BCUT2D eigenvalue weighted by molar-refractivity contribution is 5.68. The van der Waals surface area contributed by atoms with Crippen molar-refractivity contribution in [2.45, 2.75) is 13.8 Å². The van der Waals surface area contributed by atoms with Crippen molar-refractivity contribution in [3.63, 3.8) is 0 Å². The molecule has 0 atom stereocenters. The summed E-state index contributed by atoms with van der Waals surface area (Å²) in [7, 11) is 0. The van der Waals surface area contributed by atoms with E-state index >= 15 is 0 Å². The second kappa shape index (κ2) is 5.61. The van der Waals surface area contributed by atoms with Crippen molar-refractivity contribution in [2.75, 3.05) is 6.61 Å². The first-order valence-electron chi connectivity index (χ1n) is 6.13. The molecule has 0 spiro atoms. The van der Waals surface area contributed by atoms with Gasteiger partial charge in [0.25, 0.3) is 0 Å². The molecule has 1 heterocycles. The zero-order chi connectivity index (χ0) is 14.7. The molecule has 2 rings (SSSR count). The van der Waals surface area contributed by atoms with Gasteiger partial charge in [-0.3, -0.25) is 4.79 Å². The highest BCUT2D eigenvalue weighted by Gasteiger charge is 2.05. The molecule has 5 heteroatoms. The minimum atomic E-state index is -1.01. The molecule has 0 saturated heterocycles. The van der Waals surface area contributed by atoms with E-state index in [9.17, 15) is 9.59 Å². The molecule has 0 unspecified atom stereocenters. The lowest BCUT2D eigenvalue weighted by Crippen LogP contribution is -2.11. The van der Waals surface area contributed by atoms with Crippen LogP contribution in [0.5, 0.6) is 5.75 Å². The Labute approximate surface area is 116 Å². The molecule has 0 aliphatic rings. The topological polar surface area (TPSA) is 68.5 Å². The number of aliphatic carboxylic acids is 1. The van der Waals surface area contributed by atoms with Gasteiger partial charge in [-0.2, -0.15) is 0 Å². The Morgan fingerprint density at radius 3 is 2.20 bits per heavy atom. The molecule has 0 aliphatic carbocycles. The molecule has 2 aromatic rings. The van der Waals surface area contributed by atoms with Crippen LogP contribution in [0.15, 0.2) is 41.2 Å². The van der Waals surface area contributed by atoms with Gasteiger partial charge in [0, 0.05) is 29.2 Å². The molecule has 0 radical (unpaired) electrons. The van der Waals surface area contributed by atoms with Crippen LogP contribution in [0.2, 0.25) is 0 Å². The van der Waals surface area contributed by atoms with Crippen molar-refractivity contribution in [2.24, 2.45) is 0 Å². The van der Waals surface area contributed by atoms with E-state index in [0.29, 0.717) is 5.75 Å². The number of aromatic nitrogens is 1. The zero-order valence-corrected chi connectivity index (χ0v) is 11.3. The summed E-state index contributed by atoms with van der Waals surface area (Å²) in [6.07, 6.45) is 0. The molecule has 104 valence electrons. The summed E-state index contributed by atoms with van der Waals surface area (Å²) in [5, 5.41) is 8.55. The van der Waals surface area contributed by atoms with Gasteiger partial charge in [0.1, 0.15) is 5.75 Å². The Kier molecular flexibility index (Phi) is 3.89. The lowest BCUT2D eigenvalue weighted by atomic mass is 10.2. The van der Waals surface area contributed by atoms with Gasteiger partial charge >= 0.3 is 5.97 Å². The fourth-order valence-corrected chi connectivity index (χ4v) is 2.10. The monoisotopic (exact) mass is 273 g/mol. The Bertz CT molecular complexity index is 660. The summed E-state index contributed by atoms with van der Waals surface area (Å²) in [5.74, 6) is -0.520. The minimum Gasteiger partial charge on any atom is -0.482 e. The van der Waals surface area contributed by atoms with E-state index in [0.717, 1.165) is 17.1 Å². The summed E-state index contributed by atoms with van der Waals surface area (Å²) < 4.78 is 7.03. The van der Waals surface area contributed by atoms with Crippen LogP contribution in [0.3, 0.4) is 0 Å². The van der Waals surface area contributed by atoms with Crippen LogP contribution < -0.4 is 10.2 Å². The van der Waals surface area contributed by atoms with Gasteiger partial charge in [0.05, 0.1) is 0 Å². The van der Waals surface area contributed by atoms with Crippen LogP contribution in [-0.2, 0) is 4.79 Å². The van der Waals surface area contributed by atoms with Gasteiger partial charge < -0.3 is 14.4 Å². The van der Waals surface area contributed by atoms with Gasteiger partial charge in [-0.05, 0) is 38.1 Å². The van der Waals surface area contributed by atoms with E-state index in [1.807, 2.05) is 30.5 Å². The van der Waals surface area contributed by atoms with Gasteiger partial charge in [-0.1, -0.05) is 0 Å². The Morgan fingerprint density at radius 1 is 1.15 bits per heavy atom. The molecule has 0 bridgehead atoms. The van der Waals surface area contributed by atoms with Crippen LogP contribution in [0.4, 0.5) is 0 Å². The number of nitrogens with zero attached hydrogens (tertiary/aromatic N) is 1. The number of ether oxygens (including phenoxy) is 1. The van der Waals surface area contributed by atoms with Gasteiger partial charge in [-0.25, -0.2) is 4.79 Å². The number of hydrogen-bond acceptors (Lipinski definition) is 3. The number of hydrogen-bond donors (Lipinski definition) is 1. The summed E-state index contributed by atoms with van der Waals surface area (Å²) in [6, 6.07) is 10.2. The summed E-state index contributed by atoms with van der Waals surface area (Å²) in [6.45, 7) is 3.36. The van der Waals surface area contributed by atoms with Crippen molar-refractivity contribution in [3.8, 4) is 11.4 Å². The fourth-order valence-electron chi connectivity index (χ4n) is 2.10. The number of carbonyl (C=O) groups is 1. The lowest BCUT2D eigenvalue weighted by Gasteiger charge is -2.14. The maximum atomic E-state index is 11.4. The second-order valence-electron chi connectivity index (χ2n) is 4.49. The first-order valence-corrected chi connectivity index (χ1v) is 6.13. The van der Waals surface area contributed by atoms with Crippen LogP contribution >= 0.6 is 0 Å². The lowest BCUT2D eigenvalue weighted by molar-refractivity contribution is -0.139. The van der Waals surface area contributed by atoms with E-state index in [1.54, 1.807) is 24.3 Å². The maximum Gasteiger partial charge on any atom is 0.341 e. The molecule has 5 nitrogen and oxygen atoms in total. The van der Waals surface area contributed by atoms with Crippen LogP contribution in [0.25, 0.3) is 5.69 Å². The van der Waals surface area contributed by atoms with Crippen LogP contribution in [-0.4, -0.2) is 22.2 Å². The molecule has 1 N–H and O–H groups in total. The minimum absolute atomic E-state index is 0.0161. The number of benzene rings is 1. The number of pyridine rings is 1. The highest BCUT2D eigenvalue weighted by atomic mass is 16.5. The number of rotatable bonds is 4. The van der Waals surface area contributed by atoms with Gasteiger partial charge in [0.15, 0.2) is 12.0 Å². The normalized spacial score (nSPS) is 10.3. The van der Waals surface area contributed by atoms with Crippen molar-refractivity contribution in [3.05, 3.63) is 58.0 Å². The molecule has 0 amide bonds. The van der Waals surface area contributed by atoms with Crippen molar-refractivity contribution in [1.29, 1.82) is 0 Å². The third-order valence-corrected chi connectivity index (χ3v) is 2.86. The first kappa shape index (κ1) is 13.9. The number of carboxylic acids is 1. The average molecular weight is 273 g/mol. The standard InChI is InChI=1S/C15H15NO4/c1-10-7-13(17)8-11(2)16(10)12-3-5-14(6-4-12)20-9-15(18)19/h3-8H,9H2,1-2H3,(H,18,19). The third kappa shape index (κ3) is 3.06. The molecule has 1 aromatic heterocycles. The van der Waals surface area contributed by atoms with Gasteiger partial charge in [-0.15, -0.1) is 0 Å². The molecule has 1 aromatic carbocycles. The highest BCUT2D eigenvalue weighted by Crippen LogP contribution is 2.17. The molecular formula is C15H15NO4. The van der Waals surface area contributed by atoms with Crippen molar-refractivity contribution >= 4 is 5.97 Å². The molecule has 0 saturated carbocycles. The average Bonchev–Trinajstić information content (AvgIpc) is 2.36. The molecule has 0 aliphatic heterocycles. The zero-order valence-electron chi connectivity index (χ0n) is 11.3. The fraction of sp³-hybridized carbons (Fsp3) is 0.200. The van der Waals surface area contributed by atoms with E-state index in [-0.39, 0.29) is 12.0 Å². The summed E-state index contributed by atoms with van der Waals surface area (Å²) in [4.78, 5) is 21.8. The van der Waals surface area contributed by atoms with E-state index in [4.69, 9.17) is 9.84 Å². The third-order valence-electron chi connectivity index (χ3n) is 2.86. The number of aryl methyl sites for hydroxylation is 2. The number of carboxylic acid groups (broad SMARTS) is 1. The van der Waals surface area contributed by atoms with Crippen LogP contribution in [0.1, 0.15) is 11.4 Å². The summed E-state index contributed by atoms with van der Waals surface area (Å²) in [5.41, 5.74) is 2.56. The second-order valence-corrected chi connectivity index (χ2v) is 4.49. The van der Waals surface area contributed by atoms with Crippen LogP contribution in [0, 0.1) is 13.8 Å². The Hall–Kier alpha value is -2.56. The Morgan fingerprint density at radius 2 is 1.70 bits per heavy atom. The molecule has 20 heavy (non-hydrogen) atoms. The quantitative estimate of drug-likeness (QED) is 0.924. The maximum absolute atomic E-state index is 11.4. The van der Waals surface area contributed by atoms with E-state index in [2.05, 4.69) is 0 Å². The van der Waals surface area contributed by atoms with E-state index in [1.165, 1.54) is 0 Å². The largest absolute Gasteiger partial charge is 0.482 e. The van der Waals surface area contributed by atoms with Crippen molar-refractivity contribution < 1.29 is 14.6 Å². The molecule has 0 fully saturated rings. The van der Waals surface area contributed by atoms with E-state index < -0.39 is 5.97 Å². The smallest absolute Gasteiger partial charge is 0.341 e. The first-order chi connectivity index (χ1) is 9.47. The Balaban J connectivity index is 2.31. The summed E-state index contributed by atoms with van der Waals surface area (Å²) >= 11 is 0. The van der Waals surface area contributed by atoms with Gasteiger partial charge in [0.2, 0.25) is 0 Å². The van der Waals surface area contributed by atoms with Crippen molar-refractivity contribution in [1.82, 2.24) is 4.57 Å². The predicted octanol–water partition coefficient (Wildman–Crippen LogP) is 1.92.